The number of hydrogen-bond acceptors (Lipinski definition) is 2. The largest absolute Gasteiger partial charge is 0.314 e. The summed E-state index contributed by atoms with van der Waals surface area (Å²) < 4.78 is 0. The second kappa shape index (κ2) is 3.05. The zero-order valence-corrected chi connectivity index (χ0v) is 5.99. The Balaban J connectivity index is 3.37. The van der Waals surface area contributed by atoms with Gasteiger partial charge in [-0.1, -0.05) is 13.8 Å². The van der Waals surface area contributed by atoms with Crippen LogP contribution in [0.2, 0.25) is 0 Å². The molecule has 2 nitrogen and oxygen atoms in total. The molecule has 1 atom stereocenters. The first-order valence-corrected chi connectivity index (χ1v) is 3.16. The van der Waals surface area contributed by atoms with Crippen LogP contribution in [0.5, 0.6) is 0 Å². The van der Waals surface area contributed by atoms with E-state index in [1.165, 1.54) is 0 Å². The second-order valence-electron chi connectivity index (χ2n) is 2.30. The molecule has 8 heavy (non-hydrogen) atoms. The lowest BCUT2D eigenvalue weighted by Crippen LogP contribution is -2.49. The minimum atomic E-state index is -0.158. The normalized spacial score (nSPS) is 18.0. The lowest BCUT2D eigenvalue weighted by molar-refractivity contribution is 0.365. The Morgan fingerprint density at radius 1 is 1.50 bits per heavy atom. The Morgan fingerprint density at radius 2 is 2.00 bits per heavy atom. The van der Waals surface area contributed by atoms with Crippen LogP contribution in [0.4, 0.5) is 0 Å². The molecule has 0 aromatic rings. The molecule has 0 aliphatic carbocycles. The van der Waals surface area contributed by atoms with Gasteiger partial charge in [-0.05, 0) is 19.9 Å². The summed E-state index contributed by atoms with van der Waals surface area (Å²) in [6.45, 7) is 7.07. The van der Waals surface area contributed by atoms with Gasteiger partial charge in [-0.25, -0.2) is 0 Å². The summed E-state index contributed by atoms with van der Waals surface area (Å²) in [6, 6.07) is 0. The zero-order chi connectivity index (χ0) is 6.62. The van der Waals surface area contributed by atoms with Crippen molar-refractivity contribution < 1.29 is 0 Å². The second-order valence-corrected chi connectivity index (χ2v) is 2.30. The summed E-state index contributed by atoms with van der Waals surface area (Å²) in [4.78, 5) is 0. The van der Waals surface area contributed by atoms with E-state index in [0.29, 0.717) is 0 Å². The van der Waals surface area contributed by atoms with Crippen LogP contribution in [0.3, 0.4) is 0 Å². The first-order valence-electron chi connectivity index (χ1n) is 3.16. The van der Waals surface area contributed by atoms with Crippen molar-refractivity contribution >= 4 is 0 Å². The van der Waals surface area contributed by atoms with Crippen LogP contribution >= 0.6 is 0 Å². The fourth-order valence-electron chi connectivity index (χ4n) is 0.529. The molecule has 0 spiro atoms. The van der Waals surface area contributed by atoms with Crippen molar-refractivity contribution in [2.75, 3.05) is 6.54 Å². The van der Waals surface area contributed by atoms with Gasteiger partial charge >= 0.3 is 0 Å². The maximum atomic E-state index is 5.72. The lowest BCUT2D eigenvalue weighted by Gasteiger charge is -2.23. The Morgan fingerprint density at radius 3 is 2.12 bits per heavy atom. The minimum absolute atomic E-state index is 0.158. The smallest absolute Gasteiger partial charge is 0.0630 e. The van der Waals surface area contributed by atoms with Gasteiger partial charge in [0.25, 0.3) is 0 Å². The number of hydrogen-bond donors (Lipinski definition) is 2. The van der Waals surface area contributed by atoms with E-state index in [-0.39, 0.29) is 5.66 Å². The van der Waals surface area contributed by atoms with E-state index >= 15 is 0 Å². The highest BCUT2D eigenvalue weighted by molar-refractivity contribution is 4.71. The maximum Gasteiger partial charge on any atom is 0.0630 e. The van der Waals surface area contributed by atoms with Crippen molar-refractivity contribution in [1.82, 2.24) is 5.32 Å². The molecule has 0 rings (SSSR count). The SMILES string of the molecule is CCNC(C)(N)CC. The lowest BCUT2D eigenvalue weighted by atomic mass is 10.1. The molecule has 0 heterocycles. The molecule has 3 N–H and O–H groups in total. The van der Waals surface area contributed by atoms with Gasteiger partial charge in [0.2, 0.25) is 0 Å². The first kappa shape index (κ1) is 7.92. The Labute approximate surface area is 51.5 Å². The van der Waals surface area contributed by atoms with Crippen molar-refractivity contribution in [3.05, 3.63) is 0 Å². The van der Waals surface area contributed by atoms with E-state index in [4.69, 9.17) is 5.73 Å². The van der Waals surface area contributed by atoms with Crippen LogP contribution in [0.1, 0.15) is 27.2 Å². The van der Waals surface area contributed by atoms with Crippen LogP contribution in [0.15, 0.2) is 0 Å². The van der Waals surface area contributed by atoms with Crippen molar-refractivity contribution in [2.24, 2.45) is 5.73 Å². The summed E-state index contributed by atoms with van der Waals surface area (Å²) in [6.07, 6.45) is 0.973. The molecule has 0 aromatic heterocycles. The molecule has 0 amide bonds. The van der Waals surface area contributed by atoms with E-state index in [1.807, 2.05) is 6.92 Å². The quantitative estimate of drug-likeness (QED) is 0.532. The molecule has 0 aliphatic heterocycles. The summed E-state index contributed by atoms with van der Waals surface area (Å²) in [5.74, 6) is 0. The molecule has 1 unspecified atom stereocenters. The van der Waals surface area contributed by atoms with Gasteiger partial charge in [0.05, 0.1) is 5.66 Å². The molecule has 0 bridgehead atoms. The molecule has 0 fully saturated rings. The van der Waals surface area contributed by atoms with Gasteiger partial charge in [-0.3, -0.25) is 0 Å². The summed E-state index contributed by atoms with van der Waals surface area (Å²) in [5.41, 5.74) is 5.56. The topological polar surface area (TPSA) is 38.0 Å². The molecule has 2 heteroatoms. The monoisotopic (exact) mass is 116 g/mol. The summed E-state index contributed by atoms with van der Waals surface area (Å²) in [7, 11) is 0. The van der Waals surface area contributed by atoms with Crippen molar-refractivity contribution in [3.8, 4) is 0 Å². The fraction of sp³-hybridized carbons (Fsp3) is 1.00. The molecule has 0 aliphatic rings. The van der Waals surface area contributed by atoms with Crippen LogP contribution in [0.25, 0.3) is 0 Å². The summed E-state index contributed by atoms with van der Waals surface area (Å²) in [5, 5.41) is 3.15. The summed E-state index contributed by atoms with van der Waals surface area (Å²) >= 11 is 0. The van der Waals surface area contributed by atoms with Crippen LogP contribution < -0.4 is 11.1 Å². The van der Waals surface area contributed by atoms with Gasteiger partial charge in [-0.15, -0.1) is 0 Å². The standard InChI is InChI=1S/C6H16N2/c1-4-6(3,7)8-5-2/h8H,4-5,7H2,1-3H3. The van der Waals surface area contributed by atoms with E-state index in [1.54, 1.807) is 0 Å². The Hall–Kier alpha value is -0.0800. The number of rotatable bonds is 3. The highest BCUT2D eigenvalue weighted by Crippen LogP contribution is 1.96. The predicted molar refractivity (Wildman–Crippen MR) is 36.6 cm³/mol. The minimum Gasteiger partial charge on any atom is -0.314 e. The first-order chi connectivity index (χ1) is 3.62. The predicted octanol–water partition coefficient (Wildman–Crippen LogP) is 0.681. The molecular formula is C6H16N2. The van der Waals surface area contributed by atoms with Gasteiger partial charge in [0.1, 0.15) is 0 Å². The average molecular weight is 116 g/mol. The molecule has 0 saturated carbocycles. The van der Waals surface area contributed by atoms with E-state index in [2.05, 4.69) is 19.2 Å². The molecular weight excluding hydrogens is 100 g/mol. The van der Waals surface area contributed by atoms with Gasteiger partial charge in [-0.2, -0.15) is 0 Å². The van der Waals surface area contributed by atoms with E-state index in [9.17, 15) is 0 Å². The van der Waals surface area contributed by atoms with Crippen LogP contribution in [-0.4, -0.2) is 12.2 Å². The molecule has 0 aromatic carbocycles. The molecule has 0 radical (unpaired) electrons. The Kier molecular flexibility index (Phi) is 3.02. The third-order valence-corrected chi connectivity index (χ3v) is 1.32. The van der Waals surface area contributed by atoms with Crippen LogP contribution in [-0.2, 0) is 0 Å². The third-order valence-electron chi connectivity index (χ3n) is 1.32. The number of nitrogens with one attached hydrogen (secondary N) is 1. The molecule has 0 saturated heterocycles. The van der Waals surface area contributed by atoms with Gasteiger partial charge in [0.15, 0.2) is 0 Å². The highest BCUT2D eigenvalue weighted by Gasteiger charge is 2.11. The maximum absolute atomic E-state index is 5.72. The molecule has 50 valence electrons. The Bertz CT molecular complexity index is 59.5. The average Bonchev–Trinajstić information content (AvgIpc) is 1.67. The number of nitrogens with two attached hydrogens (primary N) is 1. The van der Waals surface area contributed by atoms with Crippen molar-refractivity contribution in [2.45, 2.75) is 32.9 Å². The van der Waals surface area contributed by atoms with E-state index < -0.39 is 0 Å². The van der Waals surface area contributed by atoms with Gasteiger partial charge in [0, 0.05) is 0 Å². The zero-order valence-electron chi connectivity index (χ0n) is 5.99. The fourth-order valence-corrected chi connectivity index (χ4v) is 0.529. The van der Waals surface area contributed by atoms with E-state index in [0.717, 1.165) is 13.0 Å². The van der Waals surface area contributed by atoms with Crippen molar-refractivity contribution in [3.63, 3.8) is 0 Å². The van der Waals surface area contributed by atoms with Crippen molar-refractivity contribution in [1.29, 1.82) is 0 Å². The highest BCUT2D eigenvalue weighted by atomic mass is 15.1. The van der Waals surface area contributed by atoms with Gasteiger partial charge < -0.3 is 11.1 Å². The van der Waals surface area contributed by atoms with Crippen LogP contribution in [0, 0.1) is 0 Å². The third kappa shape index (κ3) is 2.99.